The summed E-state index contributed by atoms with van der Waals surface area (Å²) in [7, 11) is 2.26. The quantitative estimate of drug-likeness (QED) is 0.444. The molecule has 2 nitrogen and oxygen atoms in total. The normalized spacial score (nSPS) is 12.1. The van der Waals surface area contributed by atoms with Crippen molar-refractivity contribution in [2.45, 2.75) is 50.7 Å². The minimum absolute atomic E-state index is 0.557. The first kappa shape index (κ1) is 19.2. The first-order valence-electron chi connectivity index (χ1n) is 7.57. The van der Waals surface area contributed by atoms with Gasteiger partial charge in [-0.25, -0.2) is 0 Å². The molecule has 0 amide bonds. The van der Waals surface area contributed by atoms with E-state index < -0.39 is 21.0 Å². The highest BCUT2D eigenvalue weighted by Gasteiger charge is 2.30. The van der Waals surface area contributed by atoms with Crippen LogP contribution in [0.4, 0.5) is 13.2 Å². The van der Waals surface area contributed by atoms with Crippen molar-refractivity contribution >= 4 is 9.28 Å². The number of rotatable bonds is 10. The maximum atomic E-state index is 12.6. The molecule has 0 aromatic heterocycles. The Kier molecular flexibility index (Phi) is 8.74. The van der Waals surface area contributed by atoms with Gasteiger partial charge in [-0.3, -0.25) is 0 Å². The van der Waals surface area contributed by atoms with Crippen LogP contribution in [0, 0.1) is 0 Å². The lowest BCUT2D eigenvalue weighted by Crippen LogP contribution is -2.18. The van der Waals surface area contributed by atoms with Crippen molar-refractivity contribution in [3.8, 4) is 0 Å². The molecule has 0 fully saturated rings. The predicted octanol–water partition coefficient (Wildman–Crippen LogP) is 4.98. The van der Waals surface area contributed by atoms with E-state index in [-0.39, 0.29) is 0 Å². The molecule has 0 aliphatic rings. The van der Waals surface area contributed by atoms with E-state index >= 15 is 0 Å². The molecule has 0 aliphatic carbocycles. The zero-order valence-corrected chi connectivity index (χ0v) is 14.2. The molecule has 0 aliphatic heterocycles. The number of unbranched alkanes of at least 4 members (excludes halogenated alkanes) is 4. The monoisotopic (exact) mass is 333 g/mol. The summed E-state index contributed by atoms with van der Waals surface area (Å²) in [5.74, 6) is 0. The van der Waals surface area contributed by atoms with Gasteiger partial charge >= 0.3 is 15.5 Å². The molecular weight excluding hydrogens is 309 g/mol. The first-order chi connectivity index (χ1) is 10.5. The standard InChI is InChI=1S/C16H24F3O2Si/c1-20-22(21-2)12-7-5-3-4-6-9-14-10-8-11-15(13-14)16(17,18)19/h8,10-11,13H,3-7,9,12H2,1-2H3. The Morgan fingerprint density at radius 3 is 2.23 bits per heavy atom. The second-order valence-electron chi connectivity index (χ2n) is 5.25. The van der Waals surface area contributed by atoms with E-state index in [0.29, 0.717) is 6.42 Å². The highest BCUT2D eigenvalue weighted by Crippen LogP contribution is 2.29. The average molecular weight is 333 g/mol. The van der Waals surface area contributed by atoms with Gasteiger partial charge in [0.1, 0.15) is 0 Å². The van der Waals surface area contributed by atoms with Gasteiger partial charge in [0.25, 0.3) is 0 Å². The molecule has 0 unspecified atom stereocenters. The maximum absolute atomic E-state index is 12.6. The molecule has 0 spiro atoms. The number of alkyl halides is 3. The van der Waals surface area contributed by atoms with Crippen molar-refractivity contribution in [1.82, 2.24) is 0 Å². The van der Waals surface area contributed by atoms with E-state index in [9.17, 15) is 13.2 Å². The number of halogens is 3. The van der Waals surface area contributed by atoms with Gasteiger partial charge in [0.15, 0.2) is 0 Å². The number of hydrogen-bond acceptors (Lipinski definition) is 2. The first-order valence-corrected chi connectivity index (χ1v) is 9.09. The lowest BCUT2D eigenvalue weighted by molar-refractivity contribution is -0.137. The predicted molar refractivity (Wildman–Crippen MR) is 82.8 cm³/mol. The summed E-state index contributed by atoms with van der Waals surface area (Å²) in [6, 6.07) is 6.60. The van der Waals surface area contributed by atoms with Crippen LogP contribution >= 0.6 is 0 Å². The Hall–Kier alpha value is -0.853. The van der Waals surface area contributed by atoms with E-state index in [1.165, 1.54) is 12.1 Å². The van der Waals surface area contributed by atoms with E-state index in [1.54, 1.807) is 20.3 Å². The molecule has 0 heterocycles. The summed E-state index contributed by atoms with van der Waals surface area (Å²) >= 11 is 0. The third-order valence-corrected chi connectivity index (χ3v) is 5.23. The van der Waals surface area contributed by atoms with E-state index in [0.717, 1.165) is 49.8 Å². The minimum Gasteiger partial charge on any atom is -0.397 e. The Labute approximate surface area is 132 Å². The van der Waals surface area contributed by atoms with Crippen molar-refractivity contribution in [2.24, 2.45) is 0 Å². The summed E-state index contributed by atoms with van der Waals surface area (Å²) in [5.41, 5.74) is 0.206. The molecule has 22 heavy (non-hydrogen) atoms. The molecule has 125 valence electrons. The second-order valence-corrected chi connectivity index (χ2v) is 7.31. The van der Waals surface area contributed by atoms with Crippen LogP contribution in [0.25, 0.3) is 0 Å². The van der Waals surface area contributed by atoms with Crippen LogP contribution in [0.3, 0.4) is 0 Å². The largest absolute Gasteiger partial charge is 0.416 e. The van der Waals surface area contributed by atoms with Gasteiger partial charge in [-0.2, -0.15) is 13.2 Å². The third-order valence-electron chi connectivity index (χ3n) is 3.56. The highest BCUT2D eigenvalue weighted by molar-refractivity contribution is 6.44. The lowest BCUT2D eigenvalue weighted by Gasteiger charge is -2.09. The van der Waals surface area contributed by atoms with Crippen molar-refractivity contribution in [3.63, 3.8) is 0 Å². The van der Waals surface area contributed by atoms with Crippen LogP contribution < -0.4 is 0 Å². The van der Waals surface area contributed by atoms with Gasteiger partial charge in [-0.15, -0.1) is 0 Å². The zero-order valence-electron chi connectivity index (χ0n) is 13.2. The molecule has 0 atom stereocenters. The second kappa shape index (κ2) is 10.0. The van der Waals surface area contributed by atoms with E-state index in [2.05, 4.69) is 0 Å². The fourth-order valence-corrected chi connectivity index (χ4v) is 3.43. The minimum atomic E-state index is -4.25. The van der Waals surface area contributed by atoms with Crippen LogP contribution in [-0.4, -0.2) is 23.5 Å². The summed E-state index contributed by atoms with van der Waals surface area (Å²) in [5, 5.41) is 0. The fraction of sp³-hybridized carbons (Fsp3) is 0.625. The van der Waals surface area contributed by atoms with Gasteiger partial charge in [-0.05, 0) is 30.5 Å². The Morgan fingerprint density at radius 1 is 0.955 bits per heavy atom. The molecule has 6 heteroatoms. The molecule has 0 N–H and O–H groups in total. The van der Waals surface area contributed by atoms with Crippen LogP contribution in [-0.2, 0) is 21.4 Å². The fourth-order valence-electron chi connectivity index (χ4n) is 2.32. The summed E-state index contributed by atoms with van der Waals surface area (Å²) in [4.78, 5) is 0. The molecule has 1 aromatic carbocycles. The highest BCUT2D eigenvalue weighted by atomic mass is 28.3. The van der Waals surface area contributed by atoms with Gasteiger partial charge < -0.3 is 8.85 Å². The summed E-state index contributed by atoms with van der Waals surface area (Å²) in [6.45, 7) is 0. The lowest BCUT2D eigenvalue weighted by atomic mass is 10.0. The smallest absolute Gasteiger partial charge is 0.397 e. The molecule has 0 bridgehead atoms. The summed E-state index contributed by atoms with van der Waals surface area (Å²) < 4.78 is 48.2. The van der Waals surface area contributed by atoms with Crippen molar-refractivity contribution in [2.75, 3.05) is 14.2 Å². The van der Waals surface area contributed by atoms with Crippen LogP contribution in [0.2, 0.25) is 6.04 Å². The Bertz CT molecular complexity index is 420. The van der Waals surface area contributed by atoms with Crippen LogP contribution in [0.15, 0.2) is 24.3 Å². The van der Waals surface area contributed by atoms with E-state index in [1.807, 2.05) is 0 Å². The summed E-state index contributed by atoms with van der Waals surface area (Å²) in [6.07, 6.45) is 1.71. The Morgan fingerprint density at radius 2 is 1.59 bits per heavy atom. The molecule has 1 radical (unpaired) electrons. The average Bonchev–Trinajstić information content (AvgIpc) is 2.49. The SMILES string of the molecule is CO[Si](CCCCCCCc1cccc(C(F)(F)F)c1)OC. The molecule has 0 saturated heterocycles. The van der Waals surface area contributed by atoms with Crippen LogP contribution in [0.5, 0.6) is 0 Å². The van der Waals surface area contributed by atoms with E-state index in [4.69, 9.17) is 8.85 Å². The van der Waals surface area contributed by atoms with Crippen molar-refractivity contribution < 1.29 is 22.0 Å². The molecule has 1 aromatic rings. The van der Waals surface area contributed by atoms with Crippen LogP contribution in [0.1, 0.15) is 43.2 Å². The maximum Gasteiger partial charge on any atom is 0.416 e. The Balaban J connectivity index is 2.17. The molecule has 1 rings (SSSR count). The zero-order chi connectivity index (χ0) is 16.4. The van der Waals surface area contributed by atoms with Gasteiger partial charge in [0.05, 0.1) is 5.56 Å². The topological polar surface area (TPSA) is 18.5 Å². The molecule has 0 saturated carbocycles. The van der Waals surface area contributed by atoms with Gasteiger partial charge in [-0.1, -0.05) is 43.9 Å². The molecular formula is C16H24F3O2Si. The number of aryl methyl sites for hydroxylation is 1. The van der Waals surface area contributed by atoms with Crippen molar-refractivity contribution in [1.29, 1.82) is 0 Å². The van der Waals surface area contributed by atoms with Gasteiger partial charge in [0.2, 0.25) is 0 Å². The van der Waals surface area contributed by atoms with Gasteiger partial charge in [0, 0.05) is 14.2 Å². The number of benzene rings is 1. The van der Waals surface area contributed by atoms with Crippen molar-refractivity contribution in [3.05, 3.63) is 35.4 Å². The number of hydrogen-bond donors (Lipinski definition) is 0. The third kappa shape index (κ3) is 7.42.